The topological polar surface area (TPSA) is 92.1 Å². The van der Waals surface area contributed by atoms with Crippen LogP contribution >= 0.6 is 0 Å². The van der Waals surface area contributed by atoms with Crippen molar-refractivity contribution in [3.05, 3.63) is 36.2 Å². The van der Waals surface area contributed by atoms with Crippen molar-refractivity contribution in [2.75, 3.05) is 14.1 Å². The van der Waals surface area contributed by atoms with Gasteiger partial charge in [-0.1, -0.05) is 24.3 Å². The molecular formula is C12H16N4O2S. The van der Waals surface area contributed by atoms with Crippen LogP contribution in [0.2, 0.25) is 0 Å². The van der Waals surface area contributed by atoms with E-state index >= 15 is 0 Å². The Morgan fingerprint density at radius 1 is 1.26 bits per heavy atom. The van der Waals surface area contributed by atoms with Crippen molar-refractivity contribution in [3.8, 4) is 11.3 Å². The number of aromatic nitrogens is 2. The van der Waals surface area contributed by atoms with Crippen LogP contribution in [0, 0.1) is 0 Å². The van der Waals surface area contributed by atoms with E-state index in [0.717, 1.165) is 15.4 Å². The van der Waals surface area contributed by atoms with Gasteiger partial charge in [0.15, 0.2) is 5.03 Å². The van der Waals surface area contributed by atoms with E-state index in [-0.39, 0.29) is 5.03 Å². The third-order valence-electron chi connectivity index (χ3n) is 2.81. The minimum Gasteiger partial charge on any atom is -0.343 e. The van der Waals surface area contributed by atoms with Gasteiger partial charge in [-0.25, -0.2) is 17.7 Å². The highest BCUT2D eigenvalue weighted by Crippen LogP contribution is 2.25. The van der Waals surface area contributed by atoms with Gasteiger partial charge in [0, 0.05) is 26.2 Å². The summed E-state index contributed by atoms with van der Waals surface area (Å²) in [6.07, 6.45) is 1.38. The van der Waals surface area contributed by atoms with Gasteiger partial charge in [0.2, 0.25) is 0 Å². The fraction of sp³-hybridized carbons (Fsp3) is 0.250. The van der Waals surface area contributed by atoms with Crippen molar-refractivity contribution in [3.63, 3.8) is 0 Å². The number of H-pyrrole nitrogens is 1. The number of sulfonamides is 1. The highest BCUT2D eigenvalue weighted by molar-refractivity contribution is 7.89. The van der Waals surface area contributed by atoms with E-state index in [2.05, 4.69) is 9.97 Å². The molecule has 2 rings (SSSR count). The van der Waals surface area contributed by atoms with Crippen LogP contribution in [0.5, 0.6) is 0 Å². The Labute approximate surface area is 112 Å². The van der Waals surface area contributed by atoms with E-state index in [9.17, 15) is 8.42 Å². The van der Waals surface area contributed by atoms with Gasteiger partial charge in [-0.3, -0.25) is 0 Å². The molecule has 2 aromatic rings. The maximum absolute atomic E-state index is 12.1. The number of benzene rings is 1. The molecule has 1 aromatic heterocycles. The van der Waals surface area contributed by atoms with Gasteiger partial charge in [0.1, 0.15) is 0 Å². The van der Waals surface area contributed by atoms with Crippen molar-refractivity contribution >= 4 is 10.0 Å². The standard InChI is InChI=1S/C12H16N4O2S/c1-16(2)19(17,18)12-11(14-8-15-12)10-5-3-9(7-13)4-6-10/h3-6,8H,7,13H2,1-2H3,(H,14,15). The van der Waals surface area contributed by atoms with Crippen molar-refractivity contribution in [1.29, 1.82) is 0 Å². The minimum atomic E-state index is -3.56. The summed E-state index contributed by atoms with van der Waals surface area (Å²) >= 11 is 0. The normalized spacial score (nSPS) is 12.0. The molecule has 0 spiro atoms. The first kappa shape index (κ1) is 13.7. The second-order valence-electron chi connectivity index (χ2n) is 4.27. The summed E-state index contributed by atoms with van der Waals surface area (Å²) in [5.74, 6) is 0. The first-order chi connectivity index (χ1) is 8.96. The number of hydrogen-bond donors (Lipinski definition) is 2. The summed E-state index contributed by atoms with van der Waals surface area (Å²) < 4.78 is 25.4. The molecule has 0 atom stereocenters. The third kappa shape index (κ3) is 2.53. The molecule has 102 valence electrons. The fourth-order valence-corrected chi connectivity index (χ4v) is 2.63. The van der Waals surface area contributed by atoms with E-state index < -0.39 is 10.0 Å². The van der Waals surface area contributed by atoms with Crippen LogP contribution in [0.4, 0.5) is 0 Å². The lowest BCUT2D eigenvalue weighted by Crippen LogP contribution is -2.23. The first-order valence-electron chi connectivity index (χ1n) is 5.72. The quantitative estimate of drug-likeness (QED) is 0.866. The van der Waals surface area contributed by atoms with E-state index in [1.807, 2.05) is 24.3 Å². The smallest absolute Gasteiger partial charge is 0.262 e. The summed E-state index contributed by atoms with van der Waals surface area (Å²) in [6.45, 7) is 0.451. The molecule has 0 bridgehead atoms. The zero-order valence-corrected chi connectivity index (χ0v) is 11.6. The first-order valence-corrected chi connectivity index (χ1v) is 7.16. The van der Waals surface area contributed by atoms with Crippen molar-refractivity contribution in [2.24, 2.45) is 5.73 Å². The second kappa shape index (κ2) is 5.12. The predicted octanol–water partition coefficient (Wildman–Crippen LogP) is 0.786. The van der Waals surface area contributed by atoms with Crippen LogP contribution in [0.1, 0.15) is 5.56 Å². The Morgan fingerprint density at radius 3 is 2.42 bits per heavy atom. The SMILES string of the molecule is CN(C)S(=O)(=O)c1nc[nH]c1-c1ccc(CN)cc1. The Bertz CT molecular complexity index is 659. The molecule has 0 fully saturated rings. The number of nitrogens with one attached hydrogen (secondary N) is 1. The number of imidazole rings is 1. The summed E-state index contributed by atoms with van der Waals surface area (Å²) in [5, 5.41) is 0.0259. The van der Waals surface area contributed by atoms with Gasteiger partial charge >= 0.3 is 0 Å². The van der Waals surface area contributed by atoms with Gasteiger partial charge in [0.05, 0.1) is 12.0 Å². The van der Waals surface area contributed by atoms with Crippen LogP contribution < -0.4 is 5.73 Å². The molecule has 0 saturated heterocycles. The lowest BCUT2D eigenvalue weighted by Gasteiger charge is -2.10. The minimum absolute atomic E-state index is 0.0259. The number of nitrogens with zero attached hydrogens (tertiary/aromatic N) is 2. The van der Waals surface area contributed by atoms with E-state index in [4.69, 9.17) is 5.73 Å². The Balaban J connectivity index is 2.50. The summed E-state index contributed by atoms with van der Waals surface area (Å²) in [6, 6.07) is 7.37. The molecule has 0 aliphatic rings. The van der Waals surface area contributed by atoms with E-state index in [0.29, 0.717) is 12.2 Å². The predicted molar refractivity (Wildman–Crippen MR) is 72.8 cm³/mol. The molecule has 19 heavy (non-hydrogen) atoms. The lowest BCUT2D eigenvalue weighted by molar-refractivity contribution is 0.518. The Kier molecular flexibility index (Phi) is 3.70. The highest BCUT2D eigenvalue weighted by atomic mass is 32.2. The number of nitrogens with two attached hydrogens (primary N) is 1. The number of aromatic amines is 1. The van der Waals surface area contributed by atoms with Gasteiger partial charge in [-0.05, 0) is 5.56 Å². The molecular weight excluding hydrogens is 264 g/mol. The van der Waals surface area contributed by atoms with Gasteiger partial charge in [-0.2, -0.15) is 0 Å². The molecule has 0 saturated carbocycles. The lowest BCUT2D eigenvalue weighted by atomic mass is 10.1. The Morgan fingerprint density at radius 2 is 1.89 bits per heavy atom. The van der Waals surface area contributed by atoms with E-state index in [1.165, 1.54) is 20.4 Å². The summed E-state index contributed by atoms with van der Waals surface area (Å²) in [5.41, 5.74) is 7.76. The third-order valence-corrected chi connectivity index (χ3v) is 4.57. The molecule has 0 radical (unpaired) electrons. The van der Waals surface area contributed by atoms with E-state index in [1.54, 1.807) is 0 Å². The fourth-order valence-electron chi connectivity index (χ4n) is 1.66. The summed E-state index contributed by atoms with van der Waals surface area (Å²) in [7, 11) is -0.607. The van der Waals surface area contributed by atoms with Crippen LogP contribution in [-0.4, -0.2) is 36.8 Å². The number of hydrogen-bond acceptors (Lipinski definition) is 4. The zero-order valence-electron chi connectivity index (χ0n) is 10.8. The molecule has 1 aromatic carbocycles. The van der Waals surface area contributed by atoms with Gasteiger partial charge < -0.3 is 10.7 Å². The number of rotatable bonds is 4. The van der Waals surface area contributed by atoms with Crippen molar-refractivity contribution in [1.82, 2.24) is 14.3 Å². The van der Waals surface area contributed by atoms with Crippen LogP contribution in [0.15, 0.2) is 35.6 Å². The molecule has 7 heteroatoms. The zero-order chi connectivity index (χ0) is 14.0. The highest BCUT2D eigenvalue weighted by Gasteiger charge is 2.24. The maximum Gasteiger partial charge on any atom is 0.262 e. The van der Waals surface area contributed by atoms with Crippen molar-refractivity contribution in [2.45, 2.75) is 11.6 Å². The molecule has 1 heterocycles. The van der Waals surface area contributed by atoms with Crippen molar-refractivity contribution < 1.29 is 8.42 Å². The van der Waals surface area contributed by atoms with Crippen LogP contribution in [0.25, 0.3) is 11.3 Å². The average molecular weight is 280 g/mol. The molecule has 0 aliphatic carbocycles. The van der Waals surface area contributed by atoms with Gasteiger partial charge in [0.25, 0.3) is 10.0 Å². The largest absolute Gasteiger partial charge is 0.343 e. The molecule has 0 aliphatic heterocycles. The van der Waals surface area contributed by atoms with Crippen LogP contribution in [0.3, 0.4) is 0 Å². The maximum atomic E-state index is 12.1. The summed E-state index contributed by atoms with van der Waals surface area (Å²) in [4.78, 5) is 6.79. The molecule has 0 unspecified atom stereocenters. The molecule has 0 amide bonds. The molecule has 6 nitrogen and oxygen atoms in total. The molecule has 3 N–H and O–H groups in total. The van der Waals surface area contributed by atoms with Crippen LogP contribution in [-0.2, 0) is 16.6 Å². The monoisotopic (exact) mass is 280 g/mol. The van der Waals surface area contributed by atoms with Gasteiger partial charge in [-0.15, -0.1) is 0 Å². The average Bonchev–Trinajstić information content (AvgIpc) is 2.88. The second-order valence-corrected chi connectivity index (χ2v) is 6.34. The Hall–Kier alpha value is -1.70.